The van der Waals surface area contributed by atoms with Crippen molar-refractivity contribution in [2.45, 2.75) is 45.8 Å². The fraction of sp³-hybridized carbons (Fsp3) is 0.727. The van der Waals surface area contributed by atoms with Crippen LogP contribution in [-0.2, 0) is 19.1 Å². The predicted molar refractivity (Wildman–Crippen MR) is 65.8 cm³/mol. The van der Waals surface area contributed by atoms with Crippen LogP contribution in [0.25, 0.3) is 0 Å². The van der Waals surface area contributed by atoms with Gasteiger partial charge in [-0.3, -0.25) is 10.2 Å². The second kappa shape index (κ2) is 12.0. The lowest BCUT2D eigenvalue weighted by molar-refractivity contribution is -0.138. The van der Waals surface area contributed by atoms with Crippen LogP contribution in [0.5, 0.6) is 0 Å². The summed E-state index contributed by atoms with van der Waals surface area (Å²) in [4.78, 5) is 30.0. The molecule has 0 bridgehead atoms. The number of carbonyl (C=O) groups excluding carboxylic acids is 2. The molecule has 1 heterocycles. The highest BCUT2D eigenvalue weighted by molar-refractivity contribution is 5.82. The Balaban J connectivity index is 0. The van der Waals surface area contributed by atoms with Crippen molar-refractivity contribution in [2.75, 3.05) is 7.05 Å². The molecule has 0 aliphatic carbocycles. The smallest absolute Gasteiger partial charge is 0.336 e. The van der Waals surface area contributed by atoms with E-state index < -0.39 is 18.2 Å². The van der Waals surface area contributed by atoms with Crippen molar-refractivity contribution < 1.29 is 24.2 Å². The molecule has 106 valence electrons. The largest absolute Gasteiger partial charge is 0.479 e. The van der Waals surface area contributed by atoms with E-state index in [-0.39, 0.29) is 5.91 Å². The molecule has 1 amide bonds. The summed E-state index contributed by atoms with van der Waals surface area (Å²) in [5.74, 6) is -1.02. The third-order valence-electron chi connectivity index (χ3n) is 1.64. The van der Waals surface area contributed by atoms with Crippen molar-refractivity contribution in [3.05, 3.63) is 0 Å². The maximum Gasteiger partial charge on any atom is 0.336 e. The number of hydrogen-bond acceptors (Lipinski definition) is 5. The number of aldehydes is 1. The first-order chi connectivity index (χ1) is 8.56. The van der Waals surface area contributed by atoms with E-state index in [2.05, 4.69) is 15.6 Å². The molecule has 1 rings (SSSR count). The standard InChI is InChI=1S/C5H12N2O.C4H4O4.C2H6/c1-3-4-5(8)7-6-2;5-1-2-3(8-2)4(6)7;1-2/h6H,3-4H2,1-2H3,(H,7,8);1-3H,(H,6,7);1-2H3. The van der Waals surface area contributed by atoms with Crippen molar-refractivity contribution in [1.29, 1.82) is 0 Å². The van der Waals surface area contributed by atoms with Crippen molar-refractivity contribution in [1.82, 2.24) is 10.9 Å². The Morgan fingerprint density at radius 3 is 2.17 bits per heavy atom. The Kier molecular flexibility index (Phi) is 12.6. The van der Waals surface area contributed by atoms with E-state index in [1.807, 2.05) is 20.8 Å². The number of epoxide rings is 1. The molecule has 0 radical (unpaired) electrons. The lowest BCUT2D eigenvalue weighted by atomic mass is 10.3. The molecule has 0 saturated carbocycles. The summed E-state index contributed by atoms with van der Waals surface area (Å²) in [5, 5.41) is 8.07. The third-order valence-corrected chi connectivity index (χ3v) is 1.64. The number of rotatable bonds is 5. The highest BCUT2D eigenvalue weighted by Crippen LogP contribution is 2.18. The van der Waals surface area contributed by atoms with Crippen molar-refractivity contribution in [3.63, 3.8) is 0 Å². The van der Waals surface area contributed by atoms with Crippen LogP contribution in [0, 0.1) is 0 Å². The average Bonchev–Trinajstić information content (AvgIpc) is 3.12. The van der Waals surface area contributed by atoms with Crippen molar-refractivity contribution >= 4 is 18.2 Å². The van der Waals surface area contributed by atoms with Crippen LogP contribution < -0.4 is 10.9 Å². The van der Waals surface area contributed by atoms with Gasteiger partial charge in [0.15, 0.2) is 18.5 Å². The zero-order chi connectivity index (χ0) is 14.6. The molecule has 1 aliphatic heterocycles. The van der Waals surface area contributed by atoms with Crippen LogP contribution in [0.4, 0.5) is 0 Å². The summed E-state index contributed by atoms with van der Waals surface area (Å²) in [6, 6.07) is 0. The SMILES string of the molecule is CC.CCCC(=O)NNC.O=CC1OC1C(=O)O. The van der Waals surface area contributed by atoms with Crippen LogP contribution >= 0.6 is 0 Å². The maximum absolute atomic E-state index is 10.5. The van der Waals surface area contributed by atoms with Crippen LogP contribution in [0.3, 0.4) is 0 Å². The van der Waals surface area contributed by atoms with Gasteiger partial charge in [-0.2, -0.15) is 0 Å². The van der Waals surface area contributed by atoms with Gasteiger partial charge in [0.1, 0.15) is 0 Å². The van der Waals surface area contributed by atoms with E-state index in [1.165, 1.54) is 0 Å². The highest BCUT2D eigenvalue weighted by atomic mass is 16.6. The summed E-state index contributed by atoms with van der Waals surface area (Å²) in [5.41, 5.74) is 5.01. The van der Waals surface area contributed by atoms with Crippen molar-refractivity contribution in [3.8, 4) is 0 Å². The van der Waals surface area contributed by atoms with Crippen LogP contribution in [0.1, 0.15) is 33.6 Å². The summed E-state index contributed by atoms with van der Waals surface area (Å²) in [7, 11) is 1.67. The molecule has 0 aromatic rings. The van der Waals surface area contributed by atoms with Crippen LogP contribution in [-0.4, -0.2) is 42.5 Å². The van der Waals surface area contributed by atoms with E-state index in [0.717, 1.165) is 6.42 Å². The molecule has 18 heavy (non-hydrogen) atoms. The number of carboxylic acids is 1. The summed E-state index contributed by atoms with van der Waals surface area (Å²) >= 11 is 0. The van der Waals surface area contributed by atoms with E-state index in [4.69, 9.17) is 5.11 Å². The number of carbonyl (C=O) groups is 3. The molecule has 7 nitrogen and oxygen atoms in total. The molecule has 0 aromatic carbocycles. The van der Waals surface area contributed by atoms with E-state index in [1.54, 1.807) is 7.05 Å². The van der Waals surface area contributed by atoms with Gasteiger partial charge in [0.25, 0.3) is 0 Å². The Morgan fingerprint density at radius 1 is 1.39 bits per heavy atom. The zero-order valence-corrected chi connectivity index (χ0v) is 11.2. The summed E-state index contributed by atoms with van der Waals surface area (Å²) < 4.78 is 4.36. The van der Waals surface area contributed by atoms with Gasteiger partial charge in [0, 0.05) is 13.5 Å². The number of aliphatic carboxylic acids is 1. The Bertz CT molecular complexity index is 250. The number of nitrogens with one attached hydrogen (secondary N) is 2. The topological polar surface area (TPSA) is 108 Å². The molecular weight excluding hydrogens is 240 g/mol. The summed E-state index contributed by atoms with van der Waals surface area (Å²) in [6.45, 7) is 5.97. The van der Waals surface area contributed by atoms with Crippen molar-refractivity contribution in [2.24, 2.45) is 0 Å². The fourth-order valence-corrected chi connectivity index (χ4v) is 0.855. The minimum Gasteiger partial charge on any atom is -0.479 e. The number of hydrazine groups is 1. The molecule has 0 spiro atoms. The third kappa shape index (κ3) is 9.73. The van der Waals surface area contributed by atoms with Gasteiger partial charge in [0.2, 0.25) is 5.91 Å². The second-order valence-electron chi connectivity index (χ2n) is 3.04. The normalized spacial score (nSPS) is 19.3. The molecule has 3 N–H and O–H groups in total. The molecule has 2 atom stereocenters. The van der Waals surface area contributed by atoms with Gasteiger partial charge in [-0.25, -0.2) is 10.2 Å². The first kappa shape index (κ1) is 18.9. The molecule has 0 aromatic heterocycles. The predicted octanol–water partition coefficient (Wildman–Crippen LogP) is 0.101. The highest BCUT2D eigenvalue weighted by Gasteiger charge is 2.45. The minimum absolute atomic E-state index is 0.0509. The number of carboxylic acid groups (broad SMARTS) is 1. The molecule has 1 aliphatic rings. The molecule has 1 fully saturated rings. The number of amides is 1. The molecular formula is C11H22N2O5. The van der Waals surface area contributed by atoms with Crippen LogP contribution in [0.2, 0.25) is 0 Å². The minimum atomic E-state index is -1.07. The molecule has 1 saturated heterocycles. The van der Waals surface area contributed by atoms with Gasteiger partial charge in [-0.15, -0.1) is 0 Å². The number of ether oxygens (including phenoxy) is 1. The van der Waals surface area contributed by atoms with E-state index in [9.17, 15) is 14.4 Å². The molecule has 7 heteroatoms. The second-order valence-corrected chi connectivity index (χ2v) is 3.04. The van der Waals surface area contributed by atoms with Gasteiger partial charge in [0.05, 0.1) is 0 Å². The quantitative estimate of drug-likeness (QED) is 0.368. The average molecular weight is 262 g/mol. The lowest BCUT2D eigenvalue weighted by Gasteiger charge is -1.98. The summed E-state index contributed by atoms with van der Waals surface area (Å²) in [6.07, 6.45) is 0.424. The van der Waals surface area contributed by atoms with Gasteiger partial charge < -0.3 is 14.6 Å². The lowest BCUT2D eigenvalue weighted by Crippen LogP contribution is -2.33. The fourth-order valence-electron chi connectivity index (χ4n) is 0.855. The Morgan fingerprint density at radius 2 is 1.94 bits per heavy atom. The van der Waals surface area contributed by atoms with Gasteiger partial charge in [-0.1, -0.05) is 20.8 Å². The molecule has 2 unspecified atom stereocenters. The Hall–Kier alpha value is -1.47. The number of hydrogen-bond donors (Lipinski definition) is 3. The maximum atomic E-state index is 10.5. The Labute approximate surface area is 107 Å². The van der Waals surface area contributed by atoms with Gasteiger partial charge in [-0.05, 0) is 6.42 Å². The zero-order valence-electron chi connectivity index (χ0n) is 11.2. The first-order valence-electron chi connectivity index (χ1n) is 5.85. The van der Waals surface area contributed by atoms with E-state index in [0.29, 0.717) is 12.7 Å². The first-order valence-corrected chi connectivity index (χ1v) is 5.85. The van der Waals surface area contributed by atoms with Crippen LogP contribution in [0.15, 0.2) is 0 Å². The van der Waals surface area contributed by atoms with E-state index >= 15 is 0 Å². The monoisotopic (exact) mass is 262 g/mol. The van der Waals surface area contributed by atoms with Gasteiger partial charge >= 0.3 is 5.97 Å².